The van der Waals surface area contributed by atoms with Crippen LogP contribution in [0.4, 0.5) is 0 Å². The Morgan fingerprint density at radius 1 is 1.50 bits per heavy atom. The highest BCUT2D eigenvalue weighted by atomic mass is 35.5. The summed E-state index contributed by atoms with van der Waals surface area (Å²) < 4.78 is 0. The third-order valence-electron chi connectivity index (χ3n) is 0.968. The van der Waals surface area contributed by atoms with Gasteiger partial charge in [-0.15, -0.1) is 11.6 Å². The van der Waals surface area contributed by atoms with Crippen molar-refractivity contribution >= 4 is 11.6 Å². The average Bonchev–Trinajstić information content (AvgIpc) is 1.68. The Kier molecular flexibility index (Phi) is 5.56. The lowest BCUT2D eigenvalue weighted by Gasteiger charge is -2.06. The van der Waals surface area contributed by atoms with Crippen molar-refractivity contribution in [2.24, 2.45) is 0 Å². The molecule has 0 amide bonds. The molecule has 0 saturated heterocycles. The SMILES string of the molecule is CCCC(Cl)NCC. The van der Waals surface area contributed by atoms with Gasteiger partial charge in [0.25, 0.3) is 0 Å². The number of alkyl halides is 1. The number of hydrogen-bond donors (Lipinski definition) is 1. The quantitative estimate of drug-likeness (QED) is 0.459. The molecule has 0 heterocycles. The van der Waals surface area contributed by atoms with Crippen LogP contribution in [0, 0.1) is 0 Å². The molecule has 0 radical (unpaired) electrons. The van der Waals surface area contributed by atoms with E-state index in [0.717, 1.165) is 19.4 Å². The molecular weight excluding hydrogens is 122 g/mol. The van der Waals surface area contributed by atoms with Crippen molar-refractivity contribution in [2.45, 2.75) is 32.2 Å². The largest absolute Gasteiger partial charge is 0.302 e. The van der Waals surface area contributed by atoms with Crippen molar-refractivity contribution < 1.29 is 0 Å². The summed E-state index contributed by atoms with van der Waals surface area (Å²) in [7, 11) is 0. The first-order valence-electron chi connectivity index (χ1n) is 3.18. The van der Waals surface area contributed by atoms with Crippen molar-refractivity contribution in [3.63, 3.8) is 0 Å². The zero-order chi connectivity index (χ0) is 6.41. The third-order valence-corrected chi connectivity index (χ3v) is 1.34. The van der Waals surface area contributed by atoms with Gasteiger partial charge in [-0.05, 0) is 13.0 Å². The molecule has 0 saturated carbocycles. The predicted molar refractivity (Wildman–Crippen MR) is 38.2 cm³/mol. The Morgan fingerprint density at radius 2 is 2.12 bits per heavy atom. The summed E-state index contributed by atoms with van der Waals surface area (Å²) in [6, 6.07) is 0. The molecule has 0 aliphatic rings. The van der Waals surface area contributed by atoms with Gasteiger partial charge in [-0.2, -0.15) is 0 Å². The van der Waals surface area contributed by atoms with Crippen molar-refractivity contribution in [2.75, 3.05) is 6.54 Å². The van der Waals surface area contributed by atoms with E-state index >= 15 is 0 Å². The summed E-state index contributed by atoms with van der Waals surface area (Å²) in [4.78, 5) is 0. The zero-order valence-corrected chi connectivity index (χ0v) is 6.33. The number of rotatable bonds is 4. The molecule has 1 atom stereocenters. The molecule has 0 aliphatic carbocycles. The molecule has 1 N–H and O–H groups in total. The van der Waals surface area contributed by atoms with Gasteiger partial charge in [0.05, 0.1) is 5.50 Å². The maximum atomic E-state index is 5.77. The molecule has 0 bridgehead atoms. The molecule has 1 nitrogen and oxygen atoms in total. The van der Waals surface area contributed by atoms with Gasteiger partial charge in [-0.25, -0.2) is 0 Å². The van der Waals surface area contributed by atoms with Gasteiger partial charge in [0, 0.05) is 0 Å². The van der Waals surface area contributed by atoms with Crippen LogP contribution in [-0.4, -0.2) is 12.0 Å². The summed E-state index contributed by atoms with van der Waals surface area (Å²) in [5, 5.41) is 3.11. The summed E-state index contributed by atoms with van der Waals surface area (Å²) in [5.74, 6) is 0. The van der Waals surface area contributed by atoms with Crippen LogP contribution in [0.1, 0.15) is 26.7 Å². The molecule has 0 fully saturated rings. The van der Waals surface area contributed by atoms with E-state index in [1.54, 1.807) is 0 Å². The van der Waals surface area contributed by atoms with E-state index in [1.165, 1.54) is 0 Å². The summed E-state index contributed by atoms with van der Waals surface area (Å²) >= 11 is 5.77. The average molecular weight is 136 g/mol. The lowest BCUT2D eigenvalue weighted by molar-refractivity contribution is 0.613. The number of hydrogen-bond acceptors (Lipinski definition) is 1. The highest BCUT2D eigenvalue weighted by molar-refractivity contribution is 6.20. The lowest BCUT2D eigenvalue weighted by atomic mass is 10.3. The second kappa shape index (κ2) is 5.39. The van der Waals surface area contributed by atoms with Crippen LogP contribution < -0.4 is 5.32 Å². The number of nitrogens with one attached hydrogen (secondary N) is 1. The Bertz CT molecular complexity index is 41.8. The molecule has 1 unspecified atom stereocenters. The van der Waals surface area contributed by atoms with Gasteiger partial charge >= 0.3 is 0 Å². The minimum atomic E-state index is 0.185. The molecule has 0 aromatic heterocycles. The summed E-state index contributed by atoms with van der Waals surface area (Å²) in [5.41, 5.74) is 0.185. The van der Waals surface area contributed by atoms with Crippen molar-refractivity contribution in [3.05, 3.63) is 0 Å². The zero-order valence-electron chi connectivity index (χ0n) is 5.58. The molecule has 0 aromatic rings. The van der Waals surface area contributed by atoms with E-state index < -0.39 is 0 Å². The van der Waals surface area contributed by atoms with Crippen LogP contribution in [0.5, 0.6) is 0 Å². The van der Waals surface area contributed by atoms with Crippen LogP contribution >= 0.6 is 11.6 Å². The first-order valence-corrected chi connectivity index (χ1v) is 3.62. The molecule has 0 aliphatic heterocycles. The number of halogens is 1. The second-order valence-corrected chi connectivity index (χ2v) is 2.34. The second-order valence-electron chi connectivity index (χ2n) is 1.81. The van der Waals surface area contributed by atoms with Gasteiger partial charge in [0.1, 0.15) is 0 Å². The van der Waals surface area contributed by atoms with Crippen LogP contribution in [0.2, 0.25) is 0 Å². The standard InChI is InChI=1S/C6H14ClN/c1-3-5-6(7)8-4-2/h6,8H,3-5H2,1-2H3. The Balaban J connectivity index is 2.92. The van der Waals surface area contributed by atoms with E-state index in [-0.39, 0.29) is 5.50 Å². The fourth-order valence-corrected chi connectivity index (χ4v) is 0.950. The first kappa shape index (κ1) is 8.25. The lowest BCUT2D eigenvalue weighted by Crippen LogP contribution is -2.22. The van der Waals surface area contributed by atoms with Crippen LogP contribution in [-0.2, 0) is 0 Å². The Hall–Kier alpha value is 0.250. The molecule has 0 rings (SSSR count). The van der Waals surface area contributed by atoms with Gasteiger partial charge in [-0.3, -0.25) is 0 Å². The van der Waals surface area contributed by atoms with Gasteiger partial charge in [-0.1, -0.05) is 20.3 Å². The predicted octanol–water partition coefficient (Wildman–Crippen LogP) is 1.96. The van der Waals surface area contributed by atoms with Crippen LogP contribution in [0.15, 0.2) is 0 Å². The van der Waals surface area contributed by atoms with E-state index in [0.29, 0.717) is 0 Å². The normalized spacial score (nSPS) is 13.9. The molecule has 0 spiro atoms. The topological polar surface area (TPSA) is 12.0 Å². The smallest absolute Gasteiger partial charge is 0.0825 e. The van der Waals surface area contributed by atoms with Crippen molar-refractivity contribution in [3.8, 4) is 0 Å². The van der Waals surface area contributed by atoms with Gasteiger partial charge in [0.15, 0.2) is 0 Å². The Labute approximate surface area is 56.4 Å². The highest BCUT2D eigenvalue weighted by Crippen LogP contribution is 1.99. The van der Waals surface area contributed by atoms with E-state index in [9.17, 15) is 0 Å². The van der Waals surface area contributed by atoms with E-state index in [2.05, 4.69) is 19.2 Å². The molecule has 0 aromatic carbocycles. The maximum Gasteiger partial charge on any atom is 0.0825 e. The van der Waals surface area contributed by atoms with E-state index in [4.69, 9.17) is 11.6 Å². The van der Waals surface area contributed by atoms with Crippen molar-refractivity contribution in [1.29, 1.82) is 0 Å². The minimum absolute atomic E-state index is 0.185. The van der Waals surface area contributed by atoms with Crippen molar-refractivity contribution in [1.82, 2.24) is 5.32 Å². The van der Waals surface area contributed by atoms with Crippen LogP contribution in [0.3, 0.4) is 0 Å². The molecular formula is C6H14ClN. The van der Waals surface area contributed by atoms with Gasteiger partial charge < -0.3 is 5.32 Å². The highest BCUT2D eigenvalue weighted by Gasteiger charge is 1.96. The fourth-order valence-electron chi connectivity index (χ4n) is 0.577. The third kappa shape index (κ3) is 4.41. The monoisotopic (exact) mass is 135 g/mol. The first-order chi connectivity index (χ1) is 3.81. The van der Waals surface area contributed by atoms with Gasteiger partial charge in [0.2, 0.25) is 0 Å². The molecule has 8 heavy (non-hydrogen) atoms. The molecule has 2 heteroatoms. The Morgan fingerprint density at radius 3 is 2.50 bits per heavy atom. The van der Waals surface area contributed by atoms with E-state index in [1.807, 2.05) is 0 Å². The molecule has 50 valence electrons. The fraction of sp³-hybridized carbons (Fsp3) is 1.00. The van der Waals surface area contributed by atoms with Crippen LogP contribution in [0.25, 0.3) is 0 Å². The summed E-state index contributed by atoms with van der Waals surface area (Å²) in [6.07, 6.45) is 2.22. The minimum Gasteiger partial charge on any atom is -0.302 e. The maximum absolute atomic E-state index is 5.77. The summed E-state index contributed by atoms with van der Waals surface area (Å²) in [6.45, 7) is 5.16.